The zero-order valence-corrected chi connectivity index (χ0v) is 13.2. The van der Waals surface area contributed by atoms with E-state index < -0.39 is 33.0 Å². The maximum Gasteiger partial charge on any atom is 0.335 e. The minimum atomic E-state index is -3.88. The molecule has 1 aromatic carbocycles. The van der Waals surface area contributed by atoms with Gasteiger partial charge in [0.2, 0.25) is 5.91 Å². The van der Waals surface area contributed by atoms with Crippen molar-refractivity contribution in [1.82, 2.24) is 5.32 Å². The van der Waals surface area contributed by atoms with E-state index >= 15 is 0 Å². The van der Waals surface area contributed by atoms with Gasteiger partial charge in [-0.25, -0.2) is 13.2 Å². The lowest BCUT2D eigenvalue weighted by atomic mass is 10.1. The summed E-state index contributed by atoms with van der Waals surface area (Å²) >= 11 is 0. The molecule has 0 radical (unpaired) electrons. The lowest BCUT2D eigenvalue weighted by molar-refractivity contribution is -0.120. The molecule has 116 valence electrons. The third-order valence-electron chi connectivity index (χ3n) is 2.63. The van der Waals surface area contributed by atoms with Crippen LogP contribution in [0.4, 0.5) is 0 Å². The predicted molar refractivity (Wildman–Crippen MR) is 78.1 cm³/mol. The molecule has 0 unspecified atom stereocenters. The van der Waals surface area contributed by atoms with Gasteiger partial charge in [0.15, 0.2) is 9.84 Å². The number of carbonyl (C=O) groups excluding carboxylic acids is 1. The average Bonchev–Trinajstić information content (AvgIpc) is 2.24. The first kappa shape index (κ1) is 17.2. The van der Waals surface area contributed by atoms with Crippen LogP contribution in [0.5, 0.6) is 0 Å². The van der Waals surface area contributed by atoms with Crippen LogP contribution in [0, 0.1) is 6.92 Å². The van der Waals surface area contributed by atoms with Crippen molar-refractivity contribution in [3.8, 4) is 0 Å². The van der Waals surface area contributed by atoms with Gasteiger partial charge in [0.05, 0.1) is 10.5 Å². The van der Waals surface area contributed by atoms with E-state index in [1.165, 1.54) is 12.1 Å². The molecule has 0 aromatic heterocycles. The third kappa shape index (κ3) is 4.86. The first-order chi connectivity index (χ1) is 9.42. The zero-order valence-electron chi connectivity index (χ0n) is 12.4. The molecule has 0 aliphatic carbocycles. The Morgan fingerprint density at radius 1 is 1.24 bits per heavy atom. The van der Waals surface area contributed by atoms with Crippen LogP contribution in [0.25, 0.3) is 0 Å². The summed E-state index contributed by atoms with van der Waals surface area (Å²) in [6, 6.07) is 3.80. The standard InChI is InChI=1S/C14H19NO5S/c1-9-5-6-10(7-11(9)13(17)18)21(19,20)8-12(16)15-14(2,3)4/h5-7H,8H2,1-4H3,(H,15,16)(H,17,18). The van der Waals surface area contributed by atoms with Gasteiger partial charge in [-0.1, -0.05) is 6.07 Å². The molecule has 0 aliphatic heterocycles. The normalized spacial score (nSPS) is 12.0. The number of aryl methyl sites for hydroxylation is 1. The molecule has 0 atom stereocenters. The summed E-state index contributed by atoms with van der Waals surface area (Å²) in [4.78, 5) is 22.6. The number of nitrogens with one attached hydrogen (secondary N) is 1. The molecule has 21 heavy (non-hydrogen) atoms. The molecule has 0 spiro atoms. The molecular formula is C14H19NO5S. The number of carboxylic acids is 1. The molecule has 0 aliphatic rings. The van der Waals surface area contributed by atoms with E-state index in [2.05, 4.69) is 5.32 Å². The van der Waals surface area contributed by atoms with Gasteiger partial charge in [-0.3, -0.25) is 4.79 Å². The highest BCUT2D eigenvalue weighted by atomic mass is 32.2. The number of aromatic carboxylic acids is 1. The topological polar surface area (TPSA) is 101 Å². The van der Waals surface area contributed by atoms with Gasteiger partial charge in [-0.2, -0.15) is 0 Å². The average molecular weight is 313 g/mol. The molecule has 0 saturated heterocycles. The van der Waals surface area contributed by atoms with Gasteiger partial charge in [-0.05, 0) is 45.4 Å². The van der Waals surface area contributed by atoms with E-state index in [0.29, 0.717) is 5.56 Å². The molecule has 1 amide bonds. The second-order valence-corrected chi connectivity index (χ2v) is 7.83. The minimum absolute atomic E-state index is 0.0905. The van der Waals surface area contributed by atoms with Gasteiger partial charge in [-0.15, -0.1) is 0 Å². The Hall–Kier alpha value is -1.89. The van der Waals surface area contributed by atoms with Gasteiger partial charge in [0.1, 0.15) is 5.75 Å². The van der Waals surface area contributed by atoms with Gasteiger partial charge >= 0.3 is 5.97 Å². The largest absolute Gasteiger partial charge is 0.478 e. The first-order valence-corrected chi connectivity index (χ1v) is 7.95. The SMILES string of the molecule is Cc1ccc(S(=O)(=O)CC(=O)NC(C)(C)C)cc1C(=O)O. The smallest absolute Gasteiger partial charge is 0.335 e. The summed E-state index contributed by atoms with van der Waals surface area (Å²) in [7, 11) is -3.88. The Bertz CT molecular complexity index is 671. The highest BCUT2D eigenvalue weighted by molar-refractivity contribution is 7.92. The van der Waals surface area contributed by atoms with Crippen LogP contribution in [-0.4, -0.2) is 36.7 Å². The number of hydrogen-bond acceptors (Lipinski definition) is 4. The first-order valence-electron chi connectivity index (χ1n) is 6.30. The second-order valence-electron chi connectivity index (χ2n) is 5.84. The van der Waals surface area contributed by atoms with Crippen molar-refractivity contribution in [3.05, 3.63) is 29.3 Å². The molecule has 0 bridgehead atoms. The number of amides is 1. The van der Waals surface area contributed by atoms with Crippen molar-refractivity contribution in [2.45, 2.75) is 38.1 Å². The van der Waals surface area contributed by atoms with Crippen molar-refractivity contribution in [2.75, 3.05) is 5.75 Å². The van der Waals surface area contributed by atoms with E-state index in [1.807, 2.05) is 0 Å². The lowest BCUT2D eigenvalue weighted by Gasteiger charge is -2.20. The molecule has 0 fully saturated rings. The van der Waals surface area contributed by atoms with Crippen LogP contribution in [0.1, 0.15) is 36.7 Å². The number of rotatable bonds is 4. The molecular weight excluding hydrogens is 294 g/mol. The van der Waals surface area contributed by atoms with E-state index in [-0.39, 0.29) is 10.5 Å². The highest BCUT2D eigenvalue weighted by Gasteiger charge is 2.23. The van der Waals surface area contributed by atoms with Crippen LogP contribution in [0.2, 0.25) is 0 Å². The molecule has 2 N–H and O–H groups in total. The summed E-state index contributed by atoms with van der Waals surface area (Å²) in [5.41, 5.74) is -0.167. The van der Waals surface area contributed by atoms with Crippen molar-refractivity contribution in [3.63, 3.8) is 0 Å². The minimum Gasteiger partial charge on any atom is -0.478 e. The van der Waals surface area contributed by atoms with Crippen LogP contribution >= 0.6 is 0 Å². The van der Waals surface area contributed by atoms with Crippen LogP contribution in [0.15, 0.2) is 23.1 Å². The molecule has 1 aromatic rings. The van der Waals surface area contributed by atoms with Crippen molar-refractivity contribution in [2.24, 2.45) is 0 Å². The van der Waals surface area contributed by atoms with Crippen LogP contribution in [0.3, 0.4) is 0 Å². The number of carboxylic acid groups (broad SMARTS) is 1. The number of benzene rings is 1. The van der Waals surface area contributed by atoms with Crippen molar-refractivity contribution in [1.29, 1.82) is 0 Å². The Morgan fingerprint density at radius 3 is 2.29 bits per heavy atom. The van der Waals surface area contributed by atoms with Crippen molar-refractivity contribution < 1.29 is 23.1 Å². The fraction of sp³-hybridized carbons (Fsp3) is 0.429. The van der Waals surface area contributed by atoms with Gasteiger partial charge in [0, 0.05) is 5.54 Å². The van der Waals surface area contributed by atoms with Crippen LogP contribution in [-0.2, 0) is 14.6 Å². The van der Waals surface area contributed by atoms with Crippen LogP contribution < -0.4 is 5.32 Å². The maximum absolute atomic E-state index is 12.2. The van der Waals surface area contributed by atoms with E-state index in [9.17, 15) is 18.0 Å². The van der Waals surface area contributed by atoms with E-state index in [1.54, 1.807) is 27.7 Å². The van der Waals surface area contributed by atoms with Gasteiger partial charge in [0.25, 0.3) is 0 Å². The molecule has 0 heterocycles. The predicted octanol–water partition coefficient (Wildman–Crippen LogP) is 1.38. The fourth-order valence-corrected chi connectivity index (χ4v) is 2.89. The molecule has 6 nitrogen and oxygen atoms in total. The molecule has 7 heteroatoms. The Morgan fingerprint density at radius 2 is 1.81 bits per heavy atom. The summed E-state index contributed by atoms with van der Waals surface area (Å²) in [5, 5.41) is 11.6. The Balaban J connectivity index is 3.07. The third-order valence-corrected chi connectivity index (χ3v) is 4.25. The monoisotopic (exact) mass is 313 g/mol. The Kier molecular flexibility index (Phi) is 4.78. The fourth-order valence-electron chi connectivity index (χ4n) is 1.74. The molecule has 0 saturated carbocycles. The number of sulfone groups is 1. The van der Waals surface area contributed by atoms with E-state index in [4.69, 9.17) is 5.11 Å². The summed E-state index contributed by atoms with van der Waals surface area (Å²) < 4.78 is 24.3. The summed E-state index contributed by atoms with van der Waals surface area (Å²) in [6.45, 7) is 6.80. The van der Waals surface area contributed by atoms with Gasteiger partial charge < -0.3 is 10.4 Å². The lowest BCUT2D eigenvalue weighted by Crippen LogP contribution is -2.43. The van der Waals surface area contributed by atoms with Crippen molar-refractivity contribution >= 4 is 21.7 Å². The second kappa shape index (κ2) is 5.85. The summed E-state index contributed by atoms with van der Waals surface area (Å²) in [6.07, 6.45) is 0. The quantitative estimate of drug-likeness (QED) is 0.874. The Labute approximate surface area is 124 Å². The summed E-state index contributed by atoms with van der Waals surface area (Å²) in [5.74, 6) is -2.55. The number of hydrogen-bond donors (Lipinski definition) is 2. The molecule has 1 rings (SSSR count). The highest BCUT2D eigenvalue weighted by Crippen LogP contribution is 2.17. The maximum atomic E-state index is 12.2. The zero-order chi connectivity index (χ0) is 16.4. The van der Waals surface area contributed by atoms with E-state index in [0.717, 1.165) is 6.07 Å². The number of carbonyl (C=O) groups is 2.